The van der Waals surface area contributed by atoms with Crippen molar-refractivity contribution in [2.24, 2.45) is 5.92 Å². The molecule has 2 heterocycles. The van der Waals surface area contributed by atoms with Crippen LogP contribution in [0.25, 0.3) is 0 Å². The van der Waals surface area contributed by atoms with E-state index in [9.17, 15) is 0 Å². The Morgan fingerprint density at radius 3 is 3.05 bits per heavy atom. The molecule has 0 bridgehead atoms. The Bertz CT molecular complexity index is 424. The lowest BCUT2D eigenvalue weighted by atomic mass is 9.99. The summed E-state index contributed by atoms with van der Waals surface area (Å²) in [4.78, 5) is 11.2. The van der Waals surface area contributed by atoms with Crippen LogP contribution in [0, 0.1) is 5.92 Å². The van der Waals surface area contributed by atoms with Gasteiger partial charge in [-0.15, -0.1) is 0 Å². The largest absolute Gasteiger partial charge is 0.480 e. The lowest BCUT2D eigenvalue weighted by molar-refractivity contribution is 0.372. The predicted molar refractivity (Wildman–Crippen MR) is 84.4 cm³/mol. The molecule has 0 amide bonds. The fourth-order valence-corrected chi connectivity index (χ4v) is 2.93. The van der Waals surface area contributed by atoms with Gasteiger partial charge in [0.1, 0.15) is 0 Å². The first-order chi connectivity index (χ1) is 9.74. The number of anilines is 1. The summed E-state index contributed by atoms with van der Waals surface area (Å²) in [6, 6.07) is 0. The second kappa shape index (κ2) is 7.78. The fraction of sp³-hybridized carbons (Fsp3) is 0.714. The van der Waals surface area contributed by atoms with Gasteiger partial charge >= 0.3 is 0 Å². The Balaban J connectivity index is 2.10. The molecule has 1 N–H and O–H groups in total. The topological polar surface area (TPSA) is 50.3 Å². The Labute approximate surface area is 129 Å². The van der Waals surface area contributed by atoms with Crippen molar-refractivity contribution in [3.63, 3.8) is 0 Å². The van der Waals surface area contributed by atoms with Crippen molar-refractivity contribution in [1.29, 1.82) is 0 Å². The quantitative estimate of drug-likeness (QED) is 0.860. The molecular formula is C14H23BrN4O. The van der Waals surface area contributed by atoms with Crippen LogP contribution in [0.15, 0.2) is 10.7 Å². The second-order valence-corrected chi connectivity index (χ2v) is 6.04. The van der Waals surface area contributed by atoms with E-state index in [1.807, 2.05) is 0 Å². The van der Waals surface area contributed by atoms with Crippen LogP contribution in [0.4, 0.5) is 5.95 Å². The molecule has 0 saturated carbocycles. The van der Waals surface area contributed by atoms with Crippen LogP contribution in [0.5, 0.6) is 5.88 Å². The summed E-state index contributed by atoms with van der Waals surface area (Å²) in [6.45, 7) is 6.40. The van der Waals surface area contributed by atoms with Crippen molar-refractivity contribution < 1.29 is 4.74 Å². The van der Waals surface area contributed by atoms with Crippen molar-refractivity contribution >= 4 is 21.9 Å². The second-order valence-electron chi connectivity index (χ2n) is 5.19. The van der Waals surface area contributed by atoms with E-state index in [1.165, 1.54) is 12.8 Å². The van der Waals surface area contributed by atoms with E-state index in [-0.39, 0.29) is 0 Å². The zero-order chi connectivity index (χ0) is 14.4. The molecule has 1 atom stereocenters. The molecule has 1 unspecified atom stereocenters. The lowest BCUT2D eigenvalue weighted by Crippen LogP contribution is -2.39. The number of rotatable bonds is 6. The molecule has 1 aliphatic heterocycles. The molecule has 1 aliphatic rings. The molecule has 1 fully saturated rings. The zero-order valence-electron chi connectivity index (χ0n) is 12.2. The van der Waals surface area contributed by atoms with Crippen molar-refractivity contribution in [3.05, 3.63) is 10.7 Å². The maximum Gasteiger partial charge on any atom is 0.232 e. The maximum atomic E-state index is 5.27. The lowest BCUT2D eigenvalue weighted by Gasteiger charge is -2.30. The van der Waals surface area contributed by atoms with E-state index in [4.69, 9.17) is 4.74 Å². The van der Waals surface area contributed by atoms with Gasteiger partial charge in [-0.3, -0.25) is 0 Å². The summed E-state index contributed by atoms with van der Waals surface area (Å²) >= 11 is 3.40. The third-order valence-electron chi connectivity index (χ3n) is 3.55. The highest BCUT2D eigenvalue weighted by Gasteiger charge is 2.19. The molecule has 0 aromatic carbocycles. The van der Waals surface area contributed by atoms with Gasteiger partial charge in [-0.1, -0.05) is 6.92 Å². The number of nitrogens with zero attached hydrogens (tertiary/aromatic N) is 3. The van der Waals surface area contributed by atoms with Gasteiger partial charge in [0, 0.05) is 13.1 Å². The van der Waals surface area contributed by atoms with Crippen LogP contribution < -0.4 is 15.0 Å². The molecule has 0 spiro atoms. The monoisotopic (exact) mass is 342 g/mol. The first-order valence-electron chi connectivity index (χ1n) is 7.26. The number of nitrogens with one attached hydrogen (secondary N) is 1. The predicted octanol–water partition coefficient (Wildman–Crippen LogP) is 2.46. The van der Waals surface area contributed by atoms with Gasteiger partial charge in [0.25, 0.3) is 0 Å². The Morgan fingerprint density at radius 2 is 2.40 bits per heavy atom. The zero-order valence-corrected chi connectivity index (χ0v) is 13.8. The van der Waals surface area contributed by atoms with Crippen molar-refractivity contribution in [3.8, 4) is 5.88 Å². The molecule has 1 aromatic heterocycles. The molecule has 0 radical (unpaired) electrons. The molecular weight excluding hydrogens is 320 g/mol. The highest BCUT2D eigenvalue weighted by Crippen LogP contribution is 2.24. The summed E-state index contributed by atoms with van der Waals surface area (Å²) < 4.78 is 6.06. The van der Waals surface area contributed by atoms with Gasteiger partial charge in [0.05, 0.1) is 17.8 Å². The van der Waals surface area contributed by atoms with Crippen molar-refractivity contribution in [1.82, 2.24) is 15.3 Å². The van der Waals surface area contributed by atoms with Gasteiger partial charge in [-0.05, 0) is 54.2 Å². The van der Waals surface area contributed by atoms with Crippen molar-refractivity contribution in [2.75, 3.05) is 38.2 Å². The first-order valence-corrected chi connectivity index (χ1v) is 8.06. The number of hydrogen-bond donors (Lipinski definition) is 1. The molecule has 0 aliphatic carbocycles. The molecule has 20 heavy (non-hydrogen) atoms. The fourth-order valence-electron chi connectivity index (χ4n) is 2.57. The minimum absolute atomic E-state index is 0.595. The highest BCUT2D eigenvalue weighted by atomic mass is 79.9. The van der Waals surface area contributed by atoms with E-state index in [2.05, 4.69) is 43.0 Å². The molecule has 2 rings (SSSR count). The summed E-state index contributed by atoms with van der Waals surface area (Å²) in [5, 5.41) is 3.47. The Morgan fingerprint density at radius 1 is 1.55 bits per heavy atom. The van der Waals surface area contributed by atoms with E-state index in [0.29, 0.717) is 11.8 Å². The number of hydrogen-bond acceptors (Lipinski definition) is 5. The Kier molecular flexibility index (Phi) is 6.04. The highest BCUT2D eigenvalue weighted by molar-refractivity contribution is 9.10. The number of aromatic nitrogens is 2. The van der Waals surface area contributed by atoms with E-state index < -0.39 is 0 Å². The summed E-state index contributed by atoms with van der Waals surface area (Å²) in [5.74, 6) is 2.03. The van der Waals surface area contributed by atoms with Crippen LogP contribution in [0.1, 0.15) is 26.2 Å². The third-order valence-corrected chi connectivity index (χ3v) is 4.09. The maximum absolute atomic E-state index is 5.27. The van der Waals surface area contributed by atoms with Crippen LogP contribution >= 0.6 is 15.9 Å². The number of piperidine rings is 1. The van der Waals surface area contributed by atoms with E-state index >= 15 is 0 Å². The van der Waals surface area contributed by atoms with Crippen LogP contribution in [-0.2, 0) is 0 Å². The summed E-state index contributed by atoms with van der Waals surface area (Å²) in [6.07, 6.45) is 5.39. The third kappa shape index (κ3) is 4.06. The van der Waals surface area contributed by atoms with E-state index in [1.54, 1.807) is 13.3 Å². The first kappa shape index (κ1) is 15.5. The average Bonchev–Trinajstić information content (AvgIpc) is 2.48. The summed E-state index contributed by atoms with van der Waals surface area (Å²) in [5.41, 5.74) is 0. The normalized spacial score (nSPS) is 18.9. The summed E-state index contributed by atoms with van der Waals surface area (Å²) in [7, 11) is 1.63. The molecule has 6 heteroatoms. The Hall–Kier alpha value is -0.880. The van der Waals surface area contributed by atoms with E-state index in [0.717, 1.165) is 43.0 Å². The minimum atomic E-state index is 0.595. The number of ether oxygens (including phenoxy) is 1. The molecule has 112 valence electrons. The van der Waals surface area contributed by atoms with Gasteiger partial charge in [-0.2, -0.15) is 4.98 Å². The number of methoxy groups -OCH3 is 1. The smallest absolute Gasteiger partial charge is 0.232 e. The number of halogens is 1. The van der Waals surface area contributed by atoms with Gasteiger partial charge in [-0.25, -0.2) is 4.98 Å². The minimum Gasteiger partial charge on any atom is -0.480 e. The van der Waals surface area contributed by atoms with Gasteiger partial charge < -0.3 is 15.0 Å². The van der Waals surface area contributed by atoms with Gasteiger partial charge in [0.2, 0.25) is 11.8 Å². The molecule has 1 saturated heterocycles. The van der Waals surface area contributed by atoms with Crippen LogP contribution in [0.3, 0.4) is 0 Å². The van der Waals surface area contributed by atoms with Crippen molar-refractivity contribution in [2.45, 2.75) is 26.2 Å². The van der Waals surface area contributed by atoms with Crippen LogP contribution in [0.2, 0.25) is 0 Å². The molecule has 1 aromatic rings. The molecule has 5 nitrogen and oxygen atoms in total. The SMILES string of the molecule is CCCN(CC1CCCNC1)c1ncc(Br)c(OC)n1. The standard InChI is InChI=1S/C14H23BrN4O/c1-3-7-19(10-11-5-4-6-16-8-11)14-17-9-12(15)13(18-14)20-2/h9,11,16H,3-8,10H2,1-2H3. The van der Waals surface area contributed by atoms with Crippen LogP contribution in [-0.4, -0.2) is 43.3 Å². The van der Waals surface area contributed by atoms with Gasteiger partial charge in [0.15, 0.2) is 0 Å². The average molecular weight is 343 g/mol.